The van der Waals surface area contributed by atoms with E-state index >= 15 is 0 Å². The first kappa shape index (κ1) is 14.6. The molecule has 0 atom stereocenters. The van der Waals surface area contributed by atoms with E-state index in [0.29, 0.717) is 12.1 Å². The van der Waals surface area contributed by atoms with E-state index in [1.54, 1.807) is 0 Å². The molecular formula is C13H9F3N2O3. The Kier molecular flexibility index (Phi) is 3.97. The van der Waals surface area contributed by atoms with E-state index in [2.05, 4.69) is 5.32 Å². The molecule has 1 amide bonds. The van der Waals surface area contributed by atoms with Gasteiger partial charge in [0, 0.05) is 18.3 Å². The topological polar surface area (TPSA) is 71.3 Å². The van der Waals surface area contributed by atoms with Crippen molar-refractivity contribution in [3.05, 3.63) is 53.6 Å². The molecule has 0 unspecified atom stereocenters. The van der Waals surface area contributed by atoms with E-state index in [-0.39, 0.29) is 5.69 Å². The minimum Gasteiger partial charge on any atom is -0.480 e. The van der Waals surface area contributed by atoms with Crippen molar-refractivity contribution in [3.8, 4) is 0 Å². The van der Waals surface area contributed by atoms with Crippen molar-refractivity contribution in [2.24, 2.45) is 0 Å². The van der Waals surface area contributed by atoms with Crippen molar-refractivity contribution in [1.82, 2.24) is 4.57 Å². The second-order valence-corrected chi connectivity index (χ2v) is 4.12. The Morgan fingerprint density at radius 2 is 1.81 bits per heavy atom. The molecule has 0 spiro atoms. The molecule has 5 nitrogen and oxygen atoms in total. The molecule has 2 aromatic rings. The number of carbonyl (C=O) groups is 2. The highest BCUT2D eigenvalue weighted by Crippen LogP contribution is 2.19. The molecule has 21 heavy (non-hydrogen) atoms. The van der Waals surface area contributed by atoms with Gasteiger partial charge in [-0.15, -0.1) is 0 Å². The van der Waals surface area contributed by atoms with Crippen LogP contribution in [0.25, 0.3) is 0 Å². The molecule has 0 aliphatic rings. The predicted molar refractivity (Wildman–Crippen MR) is 66.3 cm³/mol. The first-order chi connectivity index (χ1) is 9.88. The number of hydrogen-bond acceptors (Lipinski definition) is 2. The van der Waals surface area contributed by atoms with Gasteiger partial charge in [-0.05, 0) is 12.1 Å². The fraction of sp³-hybridized carbons (Fsp3) is 0.0769. The second-order valence-electron chi connectivity index (χ2n) is 4.12. The van der Waals surface area contributed by atoms with Gasteiger partial charge in [0.05, 0.1) is 5.69 Å². The molecule has 1 heterocycles. The number of aromatic nitrogens is 1. The number of carbonyl (C=O) groups excluding carboxylic acids is 1. The van der Waals surface area contributed by atoms with Crippen LogP contribution < -0.4 is 5.32 Å². The number of carboxylic acids is 1. The Bertz CT molecular complexity index is 713. The molecule has 0 saturated carbocycles. The van der Waals surface area contributed by atoms with E-state index < -0.39 is 41.6 Å². The van der Waals surface area contributed by atoms with Crippen LogP contribution in [0.2, 0.25) is 0 Å². The van der Waals surface area contributed by atoms with Crippen LogP contribution in [0.1, 0.15) is 10.5 Å². The smallest absolute Gasteiger partial charge is 0.323 e. The number of hydrogen-bond donors (Lipinski definition) is 2. The van der Waals surface area contributed by atoms with Gasteiger partial charge in [-0.25, -0.2) is 13.2 Å². The lowest BCUT2D eigenvalue weighted by Gasteiger charge is -2.09. The van der Waals surface area contributed by atoms with Gasteiger partial charge in [0.25, 0.3) is 5.91 Å². The van der Waals surface area contributed by atoms with E-state index in [1.165, 1.54) is 18.3 Å². The molecule has 0 radical (unpaired) electrons. The normalized spacial score (nSPS) is 10.4. The summed E-state index contributed by atoms with van der Waals surface area (Å²) in [5, 5.41) is 10.7. The predicted octanol–water partition coefficient (Wildman–Crippen LogP) is 2.24. The summed E-state index contributed by atoms with van der Waals surface area (Å²) < 4.78 is 40.3. The Morgan fingerprint density at radius 1 is 1.14 bits per heavy atom. The van der Waals surface area contributed by atoms with Gasteiger partial charge >= 0.3 is 5.97 Å². The number of nitrogens with one attached hydrogen (secondary N) is 1. The molecule has 0 aliphatic heterocycles. The highest BCUT2D eigenvalue weighted by atomic mass is 19.2. The van der Waals surface area contributed by atoms with Crippen molar-refractivity contribution in [3.63, 3.8) is 0 Å². The number of rotatable bonds is 4. The summed E-state index contributed by atoms with van der Waals surface area (Å²) in [5.41, 5.74) is -0.594. The third kappa shape index (κ3) is 3.22. The maximum Gasteiger partial charge on any atom is 0.323 e. The minimum absolute atomic E-state index is 0.0541. The first-order valence-corrected chi connectivity index (χ1v) is 5.71. The summed E-state index contributed by atoms with van der Waals surface area (Å²) in [6, 6.07) is 3.56. The number of anilines is 1. The third-order valence-corrected chi connectivity index (χ3v) is 2.63. The quantitative estimate of drug-likeness (QED) is 0.850. The van der Waals surface area contributed by atoms with Crippen LogP contribution in [0.15, 0.2) is 30.5 Å². The highest BCUT2D eigenvalue weighted by Gasteiger charge is 2.16. The summed E-state index contributed by atoms with van der Waals surface area (Å²) in [7, 11) is 0. The third-order valence-electron chi connectivity index (χ3n) is 2.63. The first-order valence-electron chi connectivity index (χ1n) is 5.71. The Hall–Kier alpha value is -2.77. The molecule has 1 aromatic carbocycles. The number of carboxylic acid groups (broad SMARTS) is 1. The van der Waals surface area contributed by atoms with Crippen LogP contribution in [0.5, 0.6) is 0 Å². The van der Waals surface area contributed by atoms with Crippen LogP contribution in [0, 0.1) is 17.5 Å². The summed E-state index contributed by atoms with van der Waals surface area (Å²) in [5.74, 6) is -5.84. The van der Waals surface area contributed by atoms with E-state index in [4.69, 9.17) is 5.11 Å². The number of aliphatic carboxylic acids is 1. The molecule has 0 fully saturated rings. The van der Waals surface area contributed by atoms with Crippen LogP contribution in [0.3, 0.4) is 0 Å². The minimum atomic E-state index is -1.38. The van der Waals surface area contributed by atoms with Gasteiger partial charge in [-0.2, -0.15) is 0 Å². The number of amides is 1. The van der Waals surface area contributed by atoms with Crippen molar-refractivity contribution in [1.29, 1.82) is 0 Å². The number of benzene rings is 1. The Labute approximate surface area is 116 Å². The molecule has 0 aliphatic carbocycles. The van der Waals surface area contributed by atoms with E-state index in [9.17, 15) is 22.8 Å². The van der Waals surface area contributed by atoms with E-state index in [0.717, 1.165) is 4.57 Å². The van der Waals surface area contributed by atoms with Crippen molar-refractivity contribution >= 4 is 17.6 Å². The number of nitrogens with zero attached hydrogens (tertiary/aromatic N) is 1. The zero-order valence-electron chi connectivity index (χ0n) is 10.4. The van der Waals surface area contributed by atoms with Crippen LogP contribution in [0.4, 0.5) is 18.9 Å². The lowest BCUT2D eigenvalue weighted by atomic mass is 10.2. The molecule has 1 aromatic heterocycles. The molecule has 8 heteroatoms. The van der Waals surface area contributed by atoms with Gasteiger partial charge in [-0.3, -0.25) is 9.59 Å². The van der Waals surface area contributed by atoms with Gasteiger partial charge in [0.2, 0.25) is 0 Å². The maximum atomic E-state index is 13.4. The van der Waals surface area contributed by atoms with Crippen LogP contribution in [-0.4, -0.2) is 21.6 Å². The van der Waals surface area contributed by atoms with Crippen molar-refractivity contribution in [2.45, 2.75) is 6.54 Å². The molecule has 0 bridgehead atoms. The second kappa shape index (κ2) is 5.70. The fourth-order valence-corrected chi connectivity index (χ4v) is 1.71. The lowest BCUT2D eigenvalue weighted by Crippen LogP contribution is -2.20. The fourth-order valence-electron chi connectivity index (χ4n) is 1.71. The van der Waals surface area contributed by atoms with E-state index in [1.807, 2.05) is 0 Å². The zero-order chi connectivity index (χ0) is 15.6. The zero-order valence-corrected chi connectivity index (χ0v) is 10.4. The van der Waals surface area contributed by atoms with Crippen molar-refractivity contribution < 1.29 is 27.9 Å². The van der Waals surface area contributed by atoms with Gasteiger partial charge in [-0.1, -0.05) is 0 Å². The van der Waals surface area contributed by atoms with Crippen LogP contribution >= 0.6 is 0 Å². The Morgan fingerprint density at radius 3 is 2.48 bits per heavy atom. The molecule has 110 valence electrons. The molecule has 0 saturated heterocycles. The molecule has 2 N–H and O–H groups in total. The Balaban J connectivity index is 2.25. The standard InChI is InChI=1S/C13H9F3N2O3/c14-7-4-9(16)10(5-8(7)15)17-13(21)11-2-1-3-18(11)6-12(19)20/h1-5H,6H2,(H,17,21)(H,19,20). The summed E-state index contributed by atoms with van der Waals surface area (Å²) in [4.78, 5) is 22.6. The maximum absolute atomic E-state index is 13.4. The summed E-state index contributed by atoms with van der Waals surface area (Å²) in [6.45, 7) is -0.462. The SMILES string of the molecule is O=C(O)Cn1cccc1C(=O)Nc1cc(F)c(F)cc1F. The van der Waals surface area contributed by atoms with Gasteiger partial charge < -0.3 is 15.0 Å². The monoisotopic (exact) mass is 298 g/mol. The van der Waals surface area contributed by atoms with Crippen LogP contribution in [-0.2, 0) is 11.3 Å². The number of halogens is 3. The van der Waals surface area contributed by atoms with Gasteiger partial charge in [0.15, 0.2) is 11.6 Å². The average molecular weight is 298 g/mol. The largest absolute Gasteiger partial charge is 0.480 e. The molecule has 2 rings (SSSR count). The van der Waals surface area contributed by atoms with Crippen molar-refractivity contribution in [2.75, 3.05) is 5.32 Å². The lowest BCUT2D eigenvalue weighted by molar-refractivity contribution is -0.137. The average Bonchev–Trinajstić information content (AvgIpc) is 2.83. The highest BCUT2D eigenvalue weighted by molar-refractivity contribution is 6.03. The molecular weight excluding hydrogens is 289 g/mol. The summed E-state index contributed by atoms with van der Waals surface area (Å²) >= 11 is 0. The summed E-state index contributed by atoms with van der Waals surface area (Å²) in [6.07, 6.45) is 1.35. The van der Waals surface area contributed by atoms with Gasteiger partial charge in [0.1, 0.15) is 18.1 Å².